The summed E-state index contributed by atoms with van der Waals surface area (Å²) in [6.07, 6.45) is 0. The maximum atomic E-state index is 14.8. The van der Waals surface area contributed by atoms with E-state index in [1.54, 1.807) is 109 Å². The highest BCUT2D eigenvalue weighted by Crippen LogP contribution is 2.53. The zero-order valence-electron chi connectivity index (χ0n) is 20.6. The first-order valence-electron chi connectivity index (χ1n) is 12.0. The molecule has 0 amide bonds. The first-order valence-corrected chi connectivity index (χ1v) is 13.5. The molecule has 1 unspecified atom stereocenters. The molecule has 0 aromatic heterocycles. The third-order valence-corrected chi connectivity index (χ3v) is 8.57. The van der Waals surface area contributed by atoms with Crippen LogP contribution in [0.25, 0.3) is 5.57 Å². The topological polar surface area (TPSA) is 126 Å². The summed E-state index contributed by atoms with van der Waals surface area (Å²) in [6, 6.07) is 35.0. The van der Waals surface area contributed by atoms with Gasteiger partial charge in [0.05, 0.1) is 27.4 Å². The van der Waals surface area contributed by atoms with E-state index in [9.17, 15) is 18.5 Å². The number of Topliss-reactive ketones (excluding diaryl/α,β-unsaturated/α-hetero) is 1. The number of carbonyl (C=O) groups excluding carboxylic acids is 1. The van der Waals surface area contributed by atoms with Crippen molar-refractivity contribution in [2.45, 2.75) is 9.77 Å². The van der Waals surface area contributed by atoms with Gasteiger partial charge in [-0.25, -0.2) is 8.42 Å². The molecule has 1 aliphatic rings. The maximum Gasteiger partial charge on any atom is 0.244 e. The van der Waals surface area contributed by atoms with Gasteiger partial charge in [-0.15, -0.1) is 0 Å². The van der Waals surface area contributed by atoms with E-state index in [0.29, 0.717) is 11.3 Å². The number of azo groups is 1. The lowest BCUT2D eigenvalue weighted by Crippen LogP contribution is -2.41. The van der Waals surface area contributed by atoms with E-state index in [1.165, 1.54) is 12.1 Å². The Labute approximate surface area is 226 Å². The molecule has 0 saturated carbocycles. The van der Waals surface area contributed by atoms with E-state index in [-0.39, 0.29) is 32.9 Å². The van der Waals surface area contributed by atoms with E-state index >= 15 is 0 Å². The Morgan fingerprint density at radius 1 is 0.769 bits per heavy atom. The molecule has 190 valence electrons. The number of benzene rings is 4. The van der Waals surface area contributed by atoms with Gasteiger partial charge in [0.1, 0.15) is 6.07 Å². The number of nitriles is 1. The average molecular weight is 531 g/mol. The molecular formula is C31H22N4O3S. The Bertz CT molecular complexity index is 1780. The fourth-order valence-electron chi connectivity index (χ4n) is 4.62. The summed E-state index contributed by atoms with van der Waals surface area (Å²) >= 11 is 0. The van der Waals surface area contributed by atoms with Crippen LogP contribution < -0.4 is 5.73 Å². The summed E-state index contributed by atoms with van der Waals surface area (Å²) in [5.41, 5.74) is 6.71. The summed E-state index contributed by atoms with van der Waals surface area (Å²) in [6.45, 7) is 0. The number of nitrogens with two attached hydrogens (primary N) is 1. The van der Waals surface area contributed by atoms with Gasteiger partial charge in [0.15, 0.2) is 5.78 Å². The van der Waals surface area contributed by atoms with Gasteiger partial charge in [0.2, 0.25) is 14.7 Å². The second-order valence-electron chi connectivity index (χ2n) is 8.71. The largest absolute Gasteiger partial charge is 0.397 e. The van der Waals surface area contributed by atoms with E-state index < -0.39 is 20.5 Å². The first kappa shape index (κ1) is 25.5. The van der Waals surface area contributed by atoms with Crippen molar-refractivity contribution >= 4 is 26.9 Å². The number of allylic oxidation sites excluding steroid dienone is 1. The maximum absolute atomic E-state index is 14.8. The lowest BCUT2D eigenvalue weighted by molar-refractivity contribution is 0.102. The fourth-order valence-corrected chi connectivity index (χ4v) is 6.59. The van der Waals surface area contributed by atoms with Gasteiger partial charge in [0.25, 0.3) is 0 Å². The number of sulfone groups is 1. The van der Waals surface area contributed by atoms with Crippen LogP contribution in [0.4, 0.5) is 5.69 Å². The lowest BCUT2D eigenvalue weighted by Gasteiger charge is -2.30. The summed E-state index contributed by atoms with van der Waals surface area (Å²) in [5.74, 6) is -0.668. The van der Waals surface area contributed by atoms with Gasteiger partial charge in [-0.1, -0.05) is 97.1 Å². The van der Waals surface area contributed by atoms with Crippen molar-refractivity contribution in [3.8, 4) is 6.07 Å². The number of nitrogens with zero attached hydrogens (tertiary/aromatic N) is 3. The summed E-state index contributed by atoms with van der Waals surface area (Å²) in [7, 11) is -4.57. The van der Waals surface area contributed by atoms with Crippen molar-refractivity contribution in [1.82, 2.24) is 0 Å². The van der Waals surface area contributed by atoms with E-state index in [0.717, 1.165) is 0 Å². The Hall–Kier alpha value is -5.13. The fraction of sp³-hybridized carbons (Fsp3) is 0.0323. The normalized spacial score (nSPS) is 17.4. The number of carbonyl (C=O) groups is 1. The van der Waals surface area contributed by atoms with Gasteiger partial charge >= 0.3 is 0 Å². The van der Waals surface area contributed by atoms with Crippen molar-refractivity contribution in [3.63, 3.8) is 0 Å². The highest BCUT2D eigenvalue weighted by atomic mass is 32.2. The molecule has 39 heavy (non-hydrogen) atoms. The molecule has 0 saturated heterocycles. The summed E-state index contributed by atoms with van der Waals surface area (Å²) in [5, 5.41) is 19.1. The van der Waals surface area contributed by atoms with Crippen LogP contribution in [0.5, 0.6) is 0 Å². The van der Waals surface area contributed by atoms with Crippen LogP contribution in [0, 0.1) is 11.3 Å². The predicted octanol–water partition coefficient (Wildman–Crippen LogP) is 6.03. The molecule has 0 radical (unpaired) electrons. The van der Waals surface area contributed by atoms with Gasteiger partial charge in [-0.05, 0) is 29.8 Å². The predicted molar refractivity (Wildman–Crippen MR) is 148 cm³/mol. The molecule has 7 nitrogen and oxygen atoms in total. The van der Waals surface area contributed by atoms with E-state index in [2.05, 4.69) is 16.3 Å². The second kappa shape index (κ2) is 10.3. The summed E-state index contributed by atoms with van der Waals surface area (Å²) < 4.78 is 29.6. The van der Waals surface area contributed by atoms with Gasteiger partial charge < -0.3 is 5.73 Å². The van der Waals surface area contributed by atoms with Gasteiger partial charge in [-0.3, -0.25) is 4.79 Å². The number of hydrogen-bond donors (Lipinski definition) is 1. The quantitative estimate of drug-likeness (QED) is 0.231. The molecule has 1 atom stereocenters. The van der Waals surface area contributed by atoms with Gasteiger partial charge in [-0.2, -0.15) is 15.5 Å². The standard InChI is InChI=1S/C31H22N4O3S/c32-21-26-27(22-13-5-1-6-14-22)31(35-34-24-17-9-3-10-18-24,39(37,38)25-19-11-4-12-20-25)28(29(26)33)30(36)23-15-7-2-8-16-23/h1-20H,33H2. The number of rotatable bonds is 7. The molecule has 2 N–H and O–H groups in total. The van der Waals surface area contributed by atoms with Gasteiger partial charge in [0, 0.05) is 11.1 Å². The third kappa shape index (κ3) is 4.25. The Morgan fingerprint density at radius 3 is 1.85 bits per heavy atom. The molecule has 0 bridgehead atoms. The monoisotopic (exact) mass is 530 g/mol. The van der Waals surface area contributed by atoms with Crippen molar-refractivity contribution in [3.05, 3.63) is 149 Å². The minimum atomic E-state index is -4.57. The van der Waals surface area contributed by atoms with Crippen LogP contribution in [-0.2, 0) is 9.84 Å². The highest BCUT2D eigenvalue weighted by Gasteiger charge is 2.60. The van der Waals surface area contributed by atoms with Crippen LogP contribution >= 0.6 is 0 Å². The molecule has 5 rings (SSSR count). The Kier molecular flexibility index (Phi) is 6.75. The smallest absolute Gasteiger partial charge is 0.244 e. The van der Waals surface area contributed by atoms with E-state index in [1.807, 2.05) is 0 Å². The minimum absolute atomic E-state index is 0.0223. The molecule has 8 heteroatoms. The van der Waals surface area contributed by atoms with Crippen LogP contribution in [0.1, 0.15) is 15.9 Å². The first-order chi connectivity index (χ1) is 18.9. The SMILES string of the molecule is N#CC1=C(c2ccccc2)C(N=Nc2ccccc2)(S(=O)(=O)c2ccccc2)C(C(=O)c2ccccc2)=C1N. The average Bonchev–Trinajstić information content (AvgIpc) is 3.26. The molecule has 1 aliphatic carbocycles. The van der Waals surface area contributed by atoms with Crippen molar-refractivity contribution < 1.29 is 13.2 Å². The van der Waals surface area contributed by atoms with Crippen LogP contribution in [0.15, 0.2) is 153 Å². The zero-order chi connectivity index (χ0) is 27.5. The third-order valence-electron chi connectivity index (χ3n) is 6.41. The van der Waals surface area contributed by atoms with Crippen molar-refractivity contribution in [2.24, 2.45) is 16.0 Å². The molecule has 0 aliphatic heterocycles. The number of hydrogen-bond acceptors (Lipinski definition) is 7. The van der Waals surface area contributed by atoms with Crippen LogP contribution in [-0.4, -0.2) is 19.1 Å². The summed E-state index contributed by atoms with van der Waals surface area (Å²) in [4.78, 5) is 11.6. The van der Waals surface area contributed by atoms with Crippen molar-refractivity contribution in [1.29, 1.82) is 5.26 Å². The second-order valence-corrected chi connectivity index (χ2v) is 10.8. The Morgan fingerprint density at radius 2 is 1.28 bits per heavy atom. The Balaban J connectivity index is 1.93. The molecule has 0 spiro atoms. The highest BCUT2D eigenvalue weighted by molar-refractivity contribution is 7.93. The van der Waals surface area contributed by atoms with Crippen LogP contribution in [0.2, 0.25) is 0 Å². The molecule has 4 aromatic carbocycles. The molecular weight excluding hydrogens is 508 g/mol. The number of ketones is 1. The van der Waals surface area contributed by atoms with Crippen LogP contribution in [0.3, 0.4) is 0 Å². The molecule has 0 heterocycles. The zero-order valence-corrected chi connectivity index (χ0v) is 21.4. The molecule has 0 fully saturated rings. The lowest BCUT2D eigenvalue weighted by atomic mass is 9.92. The minimum Gasteiger partial charge on any atom is -0.397 e. The van der Waals surface area contributed by atoms with E-state index in [4.69, 9.17) is 5.73 Å². The van der Waals surface area contributed by atoms with Crippen molar-refractivity contribution in [2.75, 3.05) is 0 Å². The molecule has 4 aromatic rings.